The Kier molecular flexibility index (Phi) is 5.53. The summed E-state index contributed by atoms with van der Waals surface area (Å²) >= 11 is 5.84. The number of rotatable bonds is 5. The summed E-state index contributed by atoms with van der Waals surface area (Å²) in [7, 11) is 0. The summed E-state index contributed by atoms with van der Waals surface area (Å²) in [6, 6.07) is 3.29. The molecule has 0 fully saturated rings. The predicted octanol–water partition coefficient (Wildman–Crippen LogP) is 4.37. The molecule has 0 aromatic heterocycles. The van der Waals surface area contributed by atoms with E-state index in [1.54, 1.807) is 18.2 Å². The third kappa shape index (κ3) is 5.31. The molecule has 0 heterocycles. The Morgan fingerprint density at radius 3 is 2.63 bits per heavy atom. The van der Waals surface area contributed by atoms with Crippen molar-refractivity contribution in [1.82, 2.24) is 5.32 Å². The summed E-state index contributed by atoms with van der Waals surface area (Å²) < 4.78 is 19.6. The lowest BCUT2D eigenvalue weighted by Crippen LogP contribution is -2.35. The molecule has 0 amide bonds. The maximum Gasteiger partial charge on any atom is 0.146 e. The van der Waals surface area contributed by atoms with Crippen LogP contribution in [0.2, 0.25) is 5.02 Å². The molecular weight excluding hydrogens is 265 g/mol. The van der Waals surface area contributed by atoms with Crippen LogP contribution in [0.25, 0.3) is 6.08 Å². The van der Waals surface area contributed by atoms with Crippen molar-refractivity contribution >= 4 is 17.7 Å². The van der Waals surface area contributed by atoms with Gasteiger partial charge in [-0.2, -0.15) is 0 Å². The Balaban J connectivity index is 2.72. The molecule has 0 radical (unpaired) electrons. The Hall–Kier alpha value is -0.900. The van der Waals surface area contributed by atoms with E-state index in [0.717, 1.165) is 5.56 Å². The first-order valence-corrected chi connectivity index (χ1v) is 6.62. The summed E-state index contributed by atoms with van der Waals surface area (Å²) in [6.45, 7) is 11.8. The van der Waals surface area contributed by atoms with Gasteiger partial charge in [0.15, 0.2) is 0 Å². The summed E-state index contributed by atoms with van der Waals surface area (Å²) in [6.07, 6.45) is 1.47. The molecule has 0 bridgehead atoms. The van der Waals surface area contributed by atoms with Crippen LogP contribution < -0.4 is 5.32 Å². The SMILES string of the molecule is C=Cc1cc(Cl)c(F)c(CNC(C)OC(C)(C)C)c1. The van der Waals surface area contributed by atoms with Crippen molar-refractivity contribution < 1.29 is 9.13 Å². The topological polar surface area (TPSA) is 21.3 Å². The molecular formula is C15H21ClFNO. The second-order valence-electron chi connectivity index (χ2n) is 5.43. The molecule has 0 aliphatic rings. The van der Waals surface area contributed by atoms with E-state index < -0.39 is 5.82 Å². The molecule has 0 saturated heterocycles. The van der Waals surface area contributed by atoms with E-state index >= 15 is 0 Å². The molecule has 0 aliphatic heterocycles. The van der Waals surface area contributed by atoms with E-state index in [9.17, 15) is 4.39 Å². The van der Waals surface area contributed by atoms with Crippen molar-refractivity contribution in [2.24, 2.45) is 0 Å². The molecule has 0 saturated carbocycles. The van der Waals surface area contributed by atoms with E-state index in [0.29, 0.717) is 12.1 Å². The first-order chi connectivity index (χ1) is 8.73. The molecule has 0 aliphatic carbocycles. The van der Waals surface area contributed by atoms with Crippen molar-refractivity contribution in [1.29, 1.82) is 0 Å². The third-order valence-corrected chi connectivity index (χ3v) is 2.75. The molecule has 1 atom stereocenters. The van der Waals surface area contributed by atoms with Crippen LogP contribution in [0.4, 0.5) is 4.39 Å². The van der Waals surface area contributed by atoms with Crippen molar-refractivity contribution in [3.05, 3.63) is 40.7 Å². The average Bonchev–Trinajstić information content (AvgIpc) is 2.28. The van der Waals surface area contributed by atoms with Gasteiger partial charge in [-0.25, -0.2) is 4.39 Å². The monoisotopic (exact) mass is 285 g/mol. The minimum absolute atomic E-state index is 0.110. The Morgan fingerprint density at radius 1 is 1.47 bits per heavy atom. The van der Waals surface area contributed by atoms with E-state index in [1.165, 1.54) is 0 Å². The first kappa shape index (κ1) is 16.2. The molecule has 1 N–H and O–H groups in total. The summed E-state index contributed by atoms with van der Waals surface area (Å²) in [5, 5.41) is 3.23. The lowest BCUT2D eigenvalue weighted by atomic mass is 10.1. The molecule has 106 valence electrons. The summed E-state index contributed by atoms with van der Waals surface area (Å²) in [5.41, 5.74) is 1.06. The number of ether oxygens (including phenoxy) is 1. The van der Waals surface area contributed by atoms with Gasteiger partial charge >= 0.3 is 0 Å². The fourth-order valence-electron chi connectivity index (χ4n) is 1.74. The maximum atomic E-state index is 13.9. The highest BCUT2D eigenvalue weighted by molar-refractivity contribution is 6.31. The largest absolute Gasteiger partial charge is 0.358 e. The summed E-state index contributed by atoms with van der Waals surface area (Å²) in [5.74, 6) is -0.400. The van der Waals surface area contributed by atoms with Crippen LogP contribution >= 0.6 is 11.6 Å². The van der Waals surface area contributed by atoms with Crippen LogP contribution in [-0.2, 0) is 11.3 Å². The fraction of sp³-hybridized carbons (Fsp3) is 0.467. The minimum atomic E-state index is -0.400. The standard InChI is InChI=1S/C15H21ClFNO/c1-6-11-7-12(14(17)13(16)8-11)9-18-10(2)19-15(3,4)5/h6-8,10,18H,1,9H2,2-5H3. The van der Waals surface area contributed by atoms with Crippen molar-refractivity contribution in [3.8, 4) is 0 Å². The number of nitrogens with one attached hydrogen (secondary N) is 1. The highest BCUT2D eigenvalue weighted by atomic mass is 35.5. The van der Waals surface area contributed by atoms with Crippen molar-refractivity contribution in [3.63, 3.8) is 0 Å². The van der Waals surface area contributed by atoms with Gasteiger partial charge in [-0.1, -0.05) is 24.3 Å². The van der Waals surface area contributed by atoms with Gasteiger partial charge in [0, 0.05) is 12.1 Å². The van der Waals surface area contributed by atoms with Gasteiger partial charge in [-0.05, 0) is 45.4 Å². The smallest absolute Gasteiger partial charge is 0.146 e. The normalized spacial score (nSPS) is 13.4. The van der Waals surface area contributed by atoms with Crippen LogP contribution in [0.3, 0.4) is 0 Å². The van der Waals surface area contributed by atoms with Crippen molar-refractivity contribution in [2.75, 3.05) is 0 Å². The zero-order chi connectivity index (χ0) is 14.6. The Labute approximate surface area is 119 Å². The molecule has 1 aromatic rings. The number of hydrogen-bond donors (Lipinski definition) is 1. The quantitative estimate of drug-likeness (QED) is 0.811. The summed E-state index contributed by atoms with van der Waals surface area (Å²) in [4.78, 5) is 0. The predicted molar refractivity (Wildman–Crippen MR) is 78.6 cm³/mol. The average molecular weight is 286 g/mol. The van der Waals surface area contributed by atoms with Gasteiger partial charge in [-0.15, -0.1) is 0 Å². The van der Waals surface area contributed by atoms with Gasteiger partial charge in [0.05, 0.1) is 10.6 Å². The van der Waals surface area contributed by atoms with Crippen molar-refractivity contribution in [2.45, 2.75) is 46.1 Å². The Morgan fingerprint density at radius 2 is 2.11 bits per heavy atom. The van der Waals surface area contributed by atoms with Crippen LogP contribution in [0.1, 0.15) is 38.8 Å². The highest BCUT2D eigenvalue weighted by Gasteiger charge is 2.15. The molecule has 1 unspecified atom stereocenters. The van der Waals surface area contributed by atoms with E-state index in [1.807, 2.05) is 27.7 Å². The lowest BCUT2D eigenvalue weighted by Gasteiger charge is -2.25. The first-order valence-electron chi connectivity index (χ1n) is 6.24. The van der Waals surface area contributed by atoms with E-state index in [4.69, 9.17) is 16.3 Å². The molecule has 4 heteroatoms. The van der Waals surface area contributed by atoms with Crippen LogP contribution in [0, 0.1) is 5.82 Å². The number of halogens is 2. The van der Waals surface area contributed by atoms with Gasteiger partial charge < -0.3 is 4.74 Å². The second-order valence-corrected chi connectivity index (χ2v) is 5.84. The molecule has 19 heavy (non-hydrogen) atoms. The zero-order valence-electron chi connectivity index (χ0n) is 11.9. The van der Waals surface area contributed by atoms with Gasteiger partial charge in [-0.3, -0.25) is 5.32 Å². The molecule has 0 spiro atoms. The maximum absolute atomic E-state index is 13.9. The number of hydrogen-bond acceptors (Lipinski definition) is 2. The third-order valence-electron chi connectivity index (χ3n) is 2.47. The van der Waals surface area contributed by atoms with Gasteiger partial charge in [0.2, 0.25) is 0 Å². The van der Waals surface area contributed by atoms with Crippen LogP contribution in [0.15, 0.2) is 18.7 Å². The van der Waals surface area contributed by atoms with Gasteiger partial charge in [0.25, 0.3) is 0 Å². The minimum Gasteiger partial charge on any atom is -0.358 e. The molecule has 2 nitrogen and oxygen atoms in total. The Bertz CT molecular complexity index is 454. The van der Waals surface area contributed by atoms with E-state index in [-0.39, 0.29) is 16.9 Å². The molecule has 1 aromatic carbocycles. The molecule has 1 rings (SSSR count). The number of benzene rings is 1. The second kappa shape index (κ2) is 6.51. The van der Waals surface area contributed by atoms with E-state index in [2.05, 4.69) is 11.9 Å². The zero-order valence-corrected chi connectivity index (χ0v) is 12.6. The van der Waals surface area contributed by atoms with Gasteiger partial charge in [0.1, 0.15) is 12.0 Å². The van der Waals surface area contributed by atoms with Crippen LogP contribution in [-0.4, -0.2) is 11.8 Å². The van der Waals surface area contributed by atoms with Crippen LogP contribution in [0.5, 0.6) is 0 Å². The highest BCUT2D eigenvalue weighted by Crippen LogP contribution is 2.22. The fourth-order valence-corrected chi connectivity index (χ4v) is 1.99. The lowest BCUT2D eigenvalue weighted by molar-refractivity contribution is -0.0664.